The minimum Gasteiger partial charge on any atom is -0.330 e. The molecule has 2 saturated heterocycles. The number of anilines is 3. The molecule has 6 aliphatic rings. The molecule has 8 unspecified atom stereocenters. The average Bonchev–Trinajstić information content (AvgIpc) is 4.24. The van der Waals surface area contributed by atoms with E-state index in [1.807, 2.05) is 0 Å². The summed E-state index contributed by atoms with van der Waals surface area (Å²) in [7, 11) is 0. The average molecular weight is 1050 g/mol. The van der Waals surface area contributed by atoms with E-state index in [2.05, 4.69) is 132 Å². The standard InChI is InChI=1S/C65H85N5O7/c1-15-40-19-46(33(2)3)63(47(20-40)34(4)5)70-60(75)30-56(65(70)77)67(39(14)71)32-43-25-52-44-27-45(53(28-44)54(52)26-43)31-66-55-29-59(74)69(64(55)76)62-50(37(10)11)23-42(24-51(62)38(12)13)18-41-21-48(35(6)7)61(49(22-41)36(8)9)68-57(72)16-17-58(68)73/h16-17,19-24,33-38,43-45,52-56,66H,15,18,25-32H2,1-14H3. The van der Waals surface area contributed by atoms with E-state index >= 15 is 0 Å². The molecule has 3 aliphatic heterocycles. The number of aryl methyl sites for hydroxylation is 1. The molecular weight excluding hydrogens is 963 g/mol. The predicted molar refractivity (Wildman–Crippen MR) is 304 cm³/mol. The van der Waals surface area contributed by atoms with Gasteiger partial charge in [0.25, 0.3) is 23.6 Å². The Labute approximate surface area is 458 Å². The highest BCUT2D eigenvalue weighted by atomic mass is 16.2. The van der Waals surface area contributed by atoms with Gasteiger partial charge in [0.1, 0.15) is 6.04 Å². The van der Waals surface area contributed by atoms with Crippen LogP contribution in [0.5, 0.6) is 0 Å². The molecule has 2 bridgehead atoms. The van der Waals surface area contributed by atoms with Crippen LogP contribution in [0.25, 0.3) is 0 Å². The first kappa shape index (κ1) is 56.0. The third-order valence-electron chi connectivity index (χ3n) is 18.5. The second kappa shape index (κ2) is 21.8. The maximum Gasteiger partial charge on any atom is 0.258 e. The van der Waals surface area contributed by atoms with Crippen molar-refractivity contribution >= 4 is 58.4 Å². The van der Waals surface area contributed by atoms with Gasteiger partial charge in [0.15, 0.2) is 0 Å². The molecule has 3 heterocycles. The Balaban J connectivity index is 0.879. The van der Waals surface area contributed by atoms with Crippen LogP contribution in [-0.4, -0.2) is 71.4 Å². The number of hydrogen-bond acceptors (Lipinski definition) is 8. The minimum absolute atomic E-state index is 0.00755. The summed E-state index contributed by atoms with van der Waals surface area (Å²) in [5.74, 6) is 1.30. The lowest BCUT2D eigenvalue weighted by atomic mass is 9.75. The summed E-state index contributed by atoms with van der Waals surface area (Å²) in [5.41, 5.74) is 11.2. The van der Waals surface area contributed by atoms with Crippen LogP contribution in [0.3, 0.4) is 0 Å². The third-order valence-corrected chi connectivity index (χ3v) is 18.5. The predicted octanol–water partition coefficient (Wildman–Crippen LogP) is 11.7. The molecule has 3 aromatic rings. The van der Waals surface area contributed by atoms with Crippen molar-refractivity contribution in [1.82, 2.24) is 10.2 Å². The van der Waals surface area contributed by atoms with E-state index in [1.165, 1.54) is 39.3 Å². The Morgan fingerprint density at radius 1 is 0.545 bits per heavy atom. The molecule has 0 spiro atoms. The summed E-state index contributed by atoms with van der Waals surface area (Å²) < 4.78 is 0. The lowest BCUT2D eigenvalue weighted by molar-refractivity contribution is -0.137. The van der Waals surface area contributed by atoms with E-state index < -0.39 is 12.1 Å². The van der Waals surface area contributed by atoms with E-state index in [0.717, 1.165) is 76.6 Å². The maximum atomic E-state index is 14.7. The molecule has 77 heavy (non-hydrogen) atoms. The van der Waals surface area contributed by atoms with Gasteiger partial charge in [0, 0.05) is 25.6 Å². The topological polar surface area (TPSA) is 144 Å². The molecule has 8 atom stereocenters. The Morgan fingerprint density at radius 3 is 1.43 bits per heavy atom. The highest BCUT2D eigenvalue weighted by Crippen LogP contribution is 2.62. The Morgan fingerprint density at radius 2 is 0.974 bits per heavy atom. The van der Waals surface area contributed by atoms with Crippen LogP contribution in [0, 0.1) is 35.5 Å². The number of imide groups is 3. The summed E-state index contributed by atoms with van der Waals surface area (Å²) in [6, 6.07) is 11.4. The highest BCUT2D eigenvalue weighted by Gasteiger charge is 2.57. The number of carbonyl (C=O) groups is 7. The molecule has 7 amide bonds. The van der Waals surface area contributed by atoms with E-state index in [9.17, 15) is 33.6 Å². The Bertz CT molecular complexity index is 2820. The highest BCUT2D eigenvalue weighted by molar-refractivity contribution is 6.29. The van der Waals surface area contributed by atoms with E-state index in [4.69, 9.17) is 0 Å². The van der Waals surface area contributed by atoms with E-state index in [0.29, 0.717) is 66.2 Å². The second-order valence-electron chi connectivity index (χ2n) is 25.7. The normalized spacial score (nSPS) is 25.2. The number of nitrogens with zero attached hydrogens (tertiary/aromatic N) is 4. The van der Waals surface area contributed by atoms with Gasteiger partial charge in [-0.1, -0.05) is 126 Å². The molecule has 12 heteroatoms. The van der Waals surface area contributed by atoms with Crippen molar-refractivity contribution in [3.63, 3.8) is 0 Å². The zero-order chi connectivity index (χ0) is 55.8. The smallest absolute Gasteiger partial charge is 0.258 e. The number of rotatable bonds is 18. The van der Waals surface area contributed by atoms with Crippen molar-refractivity contribution in [2.24, 2.45) is 35.5 Å². The van der Waals surface area contributed by atoms with Crippen molar-refractivity contribution in [3.05, 3.63) is 98.6 Å². The molecule has 412 valence electrons. The molecule has 12 nitrogen and oxygen atoms in total. The number of fused-ring (bicyclic) bond motifs is 5. The SMILES string of the molecule is CCc1cc(C(C)C)c(N2C(=O)CC(N(CC3CC4C5CC(CNC6CC(=O)N(c7c(C(C)C)cc(Cc8cc(C(C)C)c(N9C(=O)C=CC9=O)c(C(C)C)c8)cc7C(C)C)C6=O)C(C5)C4C3)C(C)=O)C2=O)c(C(C)C)c1. The number of hydrogen-bond donors (Lipinski definition) is 1. The summed E-state index contributed by atoms with van der Waals surface area (Å²) in [4.78, 5) is 103. The molecule has 3 aliphatic carbocycles. The number of carbonyl (C=O) groups excluding carboxylic acids is 7. The largest absolute Gasteiger partial charge is 0.330 e. The third kappa shape index (κ3) is 10.3. The summed E-state index contributed by atoms with van der Waals surface area (Å²) in [5, 5.41) is 3.63. The fourth-order valence-electron chi connectivity index (χ4n) is 14.8. The molecule has 0 aromatic heterocycles. The van der Waals surface area contributed by atoms with Gasteiger partial charge in [-0.05, 0) is 166 Å². The number of benzene rings is 3. The van der Waals surface area contributed by atoms with Crippen LogP contribution >= 0.6 is 0 Å². The fraction of sp³-hybridized carbons (Fsp3) is 0.585. The Kier molecular flexibility index (Phi) is 15.9. The zero-order valence-corrected chi connectivity index (χ0v) is 48.4. The number of amides is 7. The maximum absolute atomic E-state index is 14.7. The number of nitrogens with one attached hydrogen (secondary N) is 1. The quantitative estimate of drug-likeness (QED) is 0.124. The van der Waals surface area contributed by atoms with Crippen molar-refractivity contribution in [1.29, 1.82) is 0 Å². The molecule has 5 fully saturated rings. The van der Waals surface area contributed by atoms with Gasteiger partial charge in [0.05, 0.1) is 35.9 Å². The lowest BCUT2D eigenvalue weighted by Crippen LogP contribution is -2.46. The van der Waals surface area contributed by atoms with E-state index in [-0.39, 0.29) is 95.6 Å². The first-order valence-corrected chi connectivity index (χ1v) is 29.2. The van der Waals surface area contributed by atoms with Crippen molar-refractivity contribution < 1.29 is 33.6 Å². The van der Waals surface area contributed by atoms with Crippen LogP contribution < -0.4 is 20.0 Å². The molecule has 1 N–H and O–H groups in total. The Hall–Kier alpha value is -5.75. The van der Waals surface area contributed by atoms with Gasteiger partial charge in [-0.25, -0.2) is 14.7 Å². The summed E-state index contributed by atoms with van der Waals surface area (Å²) >= 11 is 0. The van der Waals surface area contributed by atoms with Gasteiger partial charge in [0.2, 0.25) is 17.7 Å². The van der Waals surface area contributed by atoms with Crippen LogP contribution in [-0.2, 0) is 46.4 Å². The molecular formula is C65H85N5O7. The monoisotopic (exact) mass is 1050 g/mol. The molecule has 3 saturated carbocycles. The van der Waals surface area contributed by atoms with E-state index in [1.54, 1.807) is 4.90 Å². The fourth-order valence-corrected chi connectivity index (χ4v) is 14.8. The van der Waals surface area contributed by atoms with Crippen LogP contribution in [0.4, 0.5) is 17.1 Å². The van der Waals surface area contributed by atoms with Gasteiger partial charge in [-0.2, -0.15) is 0 Å². The molecule has 0 radical (unpaired) electrons. The molecule has 9 rings (SSSR count). The van der Waals surface area contributed by atoms with Gasteiger partial charge < -0.3 is 10.2 Å². The van der Waals surface area contributed by atoms with Crippen molar-refractivity contribution in [2.75, 3.05) is 27.8 Å². The second-order valence-corrected chi connectivity index (χ2v) is 25.7. The van der Waals surface area contributed by atoms with Gasteiger partial charge in [-0.15, -0.1) is 0 Å². The van der Waals surface area contributed by atoms with Crippen LogP contribution in [0.15, 0.2) is 48.6 Å². The van der Waals surface area contributed by atoms with Crippen LogP contribution in [0.2, 0.25) is 0 Å². The first-order valence-electron chi connectivity index (χ1n) is 29.2. The minimum atomic E-state index is -0.820. The molecule has 3 aromatic carbocycles. The van der Waals surface area contributed by atoms with Crippen molar-refractivity contribution in [2.45, 2.75) is 196 Å². The van der Waals surface area contributed by atoms with Gasteiger partial charge in [-0.3, -0.25) is 33.6 Å². The van der Waals surface area contributed by atoms with Crippen LogP contribution in [0.1, 0.15) is 221 Å². The first-order chi connectivity index (χ1) is 36.4. The summed E-state index contributed by atoms with van der Waals surface area (Å²) in [6.45, 7) is 30.0. The van der Waals surface area contributed by atoms with Crippen molar-refractivity contribution in [3.8, 4) is 0 Å². The lowest BCUT2D eigenvalue weighted by Gasteiger charge is -2.32. The van der Waals surface area contributed by atoms with Gasteiger partial charge >= 0.3 is 0 Å². The zero-order valence-electron chi connectivity index (χ0n) is 48.4. The summed E-state index contributed by atoms with van der Waals surface area (Å²) in [6.07, 6.45) is 8.43.